The van der Waals surface area contributed by atoms with Gasteiger partial charge in [-0.3, -0.25) is 14.9 Å². The Labute approximate surface area is 254 Å². The number of aliphatic carboxylic acids is 1. The predicted octanol–water partition coefficient (Wildman–Crippen LogP) is 2.84. The third kappa shape index (κ3) is 7.67. The van der Waals surface area contributed by atoms with Gasteiger partial charge in [0.05, 0.1) is 29.1 Å². The zero-order valence-electron chi connectivity index (χ0n) is 23.9. The summed E-state index contributed by atoms with van der Waals surface area (Å²) in [7, 11) is 0. The first-order valence-corrected chi connectivity index (χ1v) is 13.3. The predicted molar refractivity (Wildman–Crippen MR) is 143 cm³/mol. The van der Waals surface area contributed by atoms with Crippen LogP contribution in [0.4, 0.5) is 42.4 Å². The van der Waals surface area contributed by atoms with Gasteiger partial charge in [0.25, 0.3) is 11.5 Å². The minimum absolute atomic E-state index is 0.0811. The van der Waals surface area contributed by atoms with Crippen LogP contribution in [0.2, 0.25) is 0 Å². The van der Waals surface area contributed by atoms with Crippen LogP contribution in [0.15, 0.2) is 47.3 Å². The highest BCUT2D eigenvalue weighted by Gasteiger charge is 2.32. The number of carboxylic acid groups (broad SMARTS) is 1. The van der Waals surface area contributed by atoms with Crippen LogP contribution in [0, 0.1) is 19.7 Å². The van der Waals surface area contributed by atoms with Crippen LogP contribution in [0.5, 0.6) is 0 Å². The number of amides is 1. The Balaban J connectivity index is 0.000000617. The van der Waals surface area contributed by atoms with Gasteiger partial charge in [-0.25, -0.2) is 14.1 Å². The Bertz CT molecular complexity index is 1820. The maximum absolute atomic E-state index is 14.7. The van der Waals surface area contributed by atoms with E-state index in [1.807, 2.05) is 0 Å². The van der Waals surface area contributed by atoms with Gasteiger partial charge in [-0.2, -0.15) is 36.5 Å². The molecule has 0 aliphatic carbocycles. The number of alkyl halides is 6. The summed E-state index contributed by atoms with van der Waals surface area (Å²) < 4.78 is 86.5. The van der Waals surface area contributed by atoms with E-state index in [4.69, 9.17) is 9.90 Å². The van der Waals surface area contributed by atoms with Gasteiger partial charge in [-0.15, -0.1) is 0 Å². The van der Waals surface area contributed by atoms with E-state index in [2.05, 4.69) is 25.7 Å². The Morgan fingerprint density at radius 1 is 1.00 bits per heavy atom. The molecule has 1 aliphatic rings. The van der Waals surface area contributed by atoms with Crippen molar-refractivity contribution in [3.63, 3.8) is 0 Å². The number of hydrogen-bond donors (Lipinski definition) is 3. The molecule has 2 aromatic heterocycles. The quantitative estimate of drug-likeness (QED) is 0.221. The lowest BCUT2D eigenvalue weighted by molar-refractivity contribution is -0.697. The molecule has 0 fully saturated rings. The zero-order chi connectivity index (χ0) is 34.0. The standard InChI is InChI=1S/C26H23F4N7O2.C2HF3O2/c1-14-15(2)23(38)34-32-21(14)12-16-3-8-20(27)19(11-16)24(39)36-9-10-37-22(13-36)33-35-25(37)31-18-6-4-17(5-7-18)26(28,29)30;3-2(4,5)1(6)7/h3-8,11H,9-10,12-13H2,1-2H3,(H2,31,34,35,38);(H,6,7). The summed E-state index contributed by atoms with van der Waals surface area (Å²) >= 11 is 0. The van der Waals surface area contributed by atoms with Crippen molar-refractivity contribution in [2.45, 2.75) is 45.7 Å². The summed E-state index contributed by atoms with van der Waals surface area (Å²) in [5.41, 5.74) is 1.89. The third-order valence-corrected chi connectivity index (χ3v) is 7.05. The molecular weight excluding hydrogens is 631 g/mol. The largest absolute Gasteiger partial charge is 0.542 e. The van der Waals surface area contributed by atoms with Gasteiger partial charge in [0.1, 0.15) is 18.3 Å². The summed E-state index contributed by atoms with van der Waals surface area (Å²) in [6, 6.07) is 8.88. The van der Waals surface area contributed by atoms with Gasteiger partial charge in [-0.1, -0.05) is 6.07 Å². The maximum atomic E-state index is 14.7. The monoisotopic (exact) mass is 655 g/mol. The molecule has 1 aliphatic heterocycles. The van der Waals surface area contributed by atoms with Crippen molar-refractivity contribution in [3.05, 3.63) is 98.0 Å². The van der Waals surface area contributed by atoms with E-state index in [0.29, 0.717) is 47.2 Å². The summed E-state index contributed by atoms with van der Waals surface area (Å²) in [5, 5.41) is 25.3. The molecular formula is C28H24F7N7O4. The molecule has 0 radical (unpaired) electrons. The number of hydrogen-bond acceptors (Lipinski definition) is 7. The second-order valence-electron chi connectivity index (χ2n) is 10.1. The molecule has 0 spiro atoms. The molecule has 11 nitrogen and oxygen atoms in total. The van der Waals surface area contributed by atoms with Gasteiger partial charge >= 0.3 is 18.3 Å². The number of nitrogens with zero attached hydrogens (tertiary/aromatic N) is 4. The highest BCUT2D eigenvalue weighted by Crippen LogP contribution is 2.30. The maximum Gasteiger partial charge on any atom is 0.430 e. The molecule has 5 rings (SSSR count). The number of H-pyrrole nitrogens is 2. The number of nitrogens with one attached hydrogen (secondary N) is 3. The SMILES string of the molecule is Cc1c(Cc2ccc(F)c(C(=O)N3CC[n+]4c(Nc5ccc(C(F)(F)F)cc5)n[nH]c4C3)c2)n[nH]c(=O)c1C.O=C([O-])C(F)(F)F. The number of carbonyl (C=O) groups is 2. The van der Waals surface area contributed by atoms with Crippen molar-refractivity contribution in [2.24, 2.45) is 0 Å². The Morgan fingerprint density at radius 2 is 1.65 bits per heavy atom. The van der Waals surface area contributed by atoms with E-state index >= 15 is 0 Å². The first-order chi connectivity index (χ1) is 21.5. The van der Waals surface area contributed by atoms with Gasteiger partial charge in [0.15, 0.2) is 0 Å². The van der Waals surface area contributed by atoms with Crippen LogP contribution in [0.3, 0.4) is 0 Å². The van der Waals surface area contributed by atoms with Crippen molar-refractivity contribution >= 4 is 23.5 Å². The van der Waals surface area contributed by atoms with Crippen molar-refractivity contribution in [2.75, 3.05) is 11.9 Å². The lowest BCUT2D eigenvalue weighted by Gasteiger charge is -2.26. The fourth-order valence-electron chi connectivity index (χ4n) is 4.40. The van der Waals surface area contributed by atoms with Crippen molar-refractivity contribution in [1.82, 2.24) is 25.3 Å². The number of rotatable bonds is 5. The molecule has 46 heavy (non-hydrogen) atoms. The third-order valence-electron chi connectivity index (χ3n) is 7.05. The number of aromatic amines is 2. The average molecular weight is 656 g/mol. The highest BCUT2D eigenvalue weighted by atomic mass is 19.4. The first-order valence-electron chi connectivity index (χ1n) is 13.3. The van der Waals surface area contributed by atoms with E-state index in [1.54, 1.807) is 24.5 Å². The molecule has 0 bridgehead atoms. The highest BCUT2D eigenvalue weighted by molar-refractivity contribution is 5.94. The second-order valence-corrected chi connectivity index (χ2v) is 10.1. The van der Waals surface area contributed by atoms with Gasteiger partial charge in [0.2, 0.25) is 5.82 Å². The molecule has 0 saturated heterocycles. The summed E-state index contributed by atoms with van der Waals surface area (Å²) in [5.74, 6) is -3.20. The van der Waals surface area contributed by atoms with Crippen molar-refractivity contribution < 1.29 is 50.0 Å². The van der Waals surface area contributed by atoms with E-state index in [9.17, 15) is 40.3 Å². The van der Waals surface area contributed by atoms with E-state index < -0.39 is 35.6 Å². The fraction of sp³-hybridized carbons (Fsp3) is 0.286. The number of carboxylic acids is 1. The minimum atomic E-state index is -5.19. The molecule has 2 aromatic carbocycles. The molecule has 3 heterocycles. The number of carbonyl (C=O) groups excluding carboxylic acids is 2. The van der Waals surface area contributed by atoms with Crippen LogP contribution in [-0.2, 0) is 30.5 Å². The normalized spacial score (nSPS) is 13.0. The fourth-order valence-corrected chi connectivity index (χ4v) is 4.40. The number of fused-ring (bicyclic) bond motifs is 1. The van der Waals surface area contributed by atoms with E-state index in [-0.39, 0.29) is 24.2 Å². The van der Waals surface area contributed by atoms with Crippen LogP contribution < -0.4 is 20.5 Å². The number of aromatic nitrogens is 5. The van der Waals surface area contributed by atoms with Crippen LogP contribution >= 0.6 is 0 Å². The Hall–Kier alpha value is -5.29. The molecule has 244 valence electrons. The van der Waals surface area contributed by atoms with Crippen LogP contribution in [0.25, 0.3) is 0 Å². The summed E-state index contributed by atoms with van der Waals surface area (Å²) in [6.45, 7) is 4.21. The van der Waals surface area contributed by atoms with Gasteiger partial charge in [0, 0.05) is 23.6 Å². The number of halogens is 7. The molecule has 4 aromatic rings. The van der Waals surface area contributed by atoms with E-state index in [0.717, 1.165) is 17.7 Å². The van der Waals surface area contributed by atoms with Crippen LogP contribution in [-0.4, -0.2) is 49.9 Å². The zero-order valence-corrected chi connectivity index (χ0v) is 23.9. The molecule has 1 amide bonds. The van der Waals surface area contributed by atoms with E-state index in [1.165, 1.54) is 29.2 Å². The minimum Gasteiger partial charge on any atom is -0.542 e. The molecule has 0 saturated carbocycles. The van der Waals surface area contributed by atoms with Gasteiger partial charge in [-0.05, 0) is 61.4 Å². The molecule has 18 heteroatoms. The molecule has 0 unspecified atom stereocenters. The smallest absolute Gasteiger partial charge is 0.430 e. The van der Waals surface area contributed by atoms with Crippen molar-refractivity contribution in [3.8, 4) is 0 Å². The lowest BCUT2D eigenvalue weighted by Crippen LogP contribution is -2.52. The number of anilines is 2. The molecule has 3 N–H and O–H groups in total. The Kier molecular flexibility index (Phi) is 9.48. The Morgan fingerprint density at radius 3 is 2.26 bits per heavy atom. The molecule has 0 atom stereocenters. The van der Waals surface area contributed by atoms with Crippen LogP contribution in [0.1, 0.15) is 44.1 Å². The second kappa shape index (κ2) is 13.0. The average Bonchev–Trinajstić information content (AvgIpc) is 3.39. The lowest BCUT2D eigenvalue weighted by atomic mass is 10.0. The topological polar surface area (TPSA) is 151 Å². The first kappa shape index (κ1) is 33.6. The van der Waals surface area contributed by atoms with Crippen molar-refractivity contribution in [1.29, 1.82) is 0 Å². The number of benzene rings is 2. The summed E-state index contributed by atoms with van der Waals surface area (Å²) in [4.78, 5) is 35.3. The van der Waals surface area contributed by atoms with Gasteiger partial charge < -0.3 is 14.8 Å². The summed E-state index contributed by atoms with van der Waals surface area (Å²) in [6.07, 6.45) is -9.31.